The summed E-state index contributed by atoms with van der Waals surface area (Å²) in [5.41, 5.74) is 2.76. The molecule has 21 heavy (non-hydrogen) atoms. The lowest BCUT2D eigenvalue weighted by atomic mass is 9.96. The van der Waals surface area contributed by atoms with Gasteiger partial charge in [-0.1, -0.05) is 36.4 Å². The van der Waals surface area contributed by atoms with E-state index < -0.39 is 0 Å². The van der Waals surface area contributed by atoms with E-state index in [1.807, 2.05) is 30.3 Å². The lowest BCUT2D eigenvalue weighted by molar-refractivity contribution is 0.0386. The van der Waals surface area contributed by atoms with E-state index in [9.17, 15) is 9.59 Å². The van der Waals surface area contributed by atoms with Crippen molar-refractivity contribution < 1.29 is 19.1 Å². The third-order valence-corrected chi connectivity index (χ3v) is 3.60. The van der Waals surface area contributed by atoms with Crippen LogP contribution in [0.3, 0.4) is 0 Å². The highest BCUT2D eigenvalue weighted by Gasteiger charge is 2.31. The van der Waals surface area contributed by atoms with Gasteiger partial charge in [-0.3, -0.25) is 0 Å². The fourth-order valence-corrected chi connectivity index (χ4v) is 2.58. The second kappa shape index (κ2) is 5.40. The van der Waals surface area contributed by atoms with Crippen LogP contribution in [0.5, 0.6) is 0 Å². The van der Waals surface area contributed by atoms with Gasteiger partial charge in [-0.05, 0) is 17.7 Å². The summed E-state index contributed by atoms with van der Waals surface area (Å²) < 4.78 is 10.2. The number of methoxy groups -OCH3 is 1. The van der Waals surface area contributed by atoms with Crippen molar-refractivity contribution in [3.8, 4) is 0 Å². The zero-order valence-electron chi connectivity index (χ0n) is 11.5. The number of hydrogen-bond acceptors (Lipinski definition) is 4. The average Bonchev–Trinajstić information content (AvgIpc) is 2.84. The predicted octanol–water partition coefficient (Wildman–Crippen LogP) is 2.93. The van der Waals surface area contributed by atoms with Crippen molar-refractivity contribution in [2.45, 2.75) is 12.5 Å². The number of carbonyl (C=O) groups is 2. The molecule has 0 unspecified atom stereocenters. The minimum Gasteiger partial charge on any atom is -0.465 e. The van der Waals surface area contributed by atoms with Crippen LogP contribution in [0.15, 0.2) is 48.5 Å². The molecule has 4 heteroatoms. The molecule has 4 nitrogen and oxygen atoms in total. The quantitative estimate of drug-likeness (QED) is 0.812. The summed E-state index contributed by atoms with van der Waals surface area (Å²) in [7, 11) is 1.35. The average molecular weight is 282 g/mol. The SMILES string of the molecule is COC(=O)c1ccccc1C[C@H]1OC(=O)c2ccccc21. The van der Waals surface area contributed by atoms with Crippen LogP contribution in [0.25, 0.3) is 0 Å². The first kappa shape index (κ1) is 13.4. The predicted molar refractivity (Wildman–Crippen MR) is 76.1 cm³/mol. The third kappa shape index (κ3) is 2.40. The van der Waals surface area contributed by atoms with E-state index in [2.05, 4.69) is 0 Å². The number of esters is 2. The molecule has 0 N–H and O–H groups in total. The van der Waals surface area contributed by atoms with E-state index in [0.717, 1.165) is 11.1 Å². The molecule has 2 aromatic carbocycles. The Hall–Kier alpha value is -2.62. The summed E-state index contributed by atoms with van der Waals surface area (Å²) in [4.78, 5) is 23.6. The maximum atomic E-state index is 11.8. The minimum atomic E-state index is -0.386. The van der Waals surface area contributed by atoms with Gasteiger partial charge >= 0.3 is 11.9 Å². The molecule has 0 saturated carbocycles. The lowest BCUT2D eigenvalue weighted by Gasteiger charge is -2.13. The van der Waals surface area contributed by atoms with Crippen LogP contribution in [-0.4, -0.2) is 19.0 Å². The molecule has 2 aromatic rings. The topological polar surface area (TPSA) is 52.6 Å². The number of carbonyl (C=O) groups excluding carboxylic acids is 2. The lowest BCUT2D eigenvalue weighted by Crippen LogP contribution is -2.09. The van der Waals surface area contributed by atoms with Crippen molar-refractivity contribution in [2.24, 2.45) is 0 Å². The number of rotatable bonds is 3. The Morgan fingerprint density at radius 3 is 2.67 bits per heavy atom. The molecule has 1 aliphatic heterocycles. The number of hydrogen-bond donors (Lipinski definition) is 0. The Bertz CT molecular complexity index is 705. The molecule has 0 radical (unpaired) electrons. The van der Waals surface area contributed by atoms with Gasteiger partial charge in [-0.15, -0.1) is 0 Å². The molecule has 0 fully saturated rings. The third-order valence-electron chi connectivity index (χ3n) is 3.60. The number of cyclic esters (lactones) is 1. The van der Waals surface area contributed by atoms with Gasteiger partial charge in [-0.2, -0.15) is 0 Å². The standard InChI is InChI=1S/C17H14O4/c1-20-16(18)12-7-3-2-6-11(12)10-15-13-8-4-5-9-14(13)17(19)21-15/h2-9,15H,10H2,1H3/t15-/m1/s1. The van der Waals surface area contributed by atoms with Crippen LogP contribution >= 0.6 is 0 Å². The maximum Gasteiger partial charge on any atom is 0.339 e. The van der Waals surface area contributed by atoms with Crippen molar-refractivity contribution in [3.05, 3.63) is 70.8 Å². The van der Waals surface area contributed by atoms with Gasteiger partial charge in [0, 0.05) is 12.0 Å². The highest BCUT2D eigenvalue weighted by atomic mass is 16.5. The van der Waals surface area contributed by atoms with Gasteiger partial charge in [0.2, 0.25) is 0 Å². The monoisotopic (exact) mass is 282 g/mol. The van der Waals surface area contributed by atoms with Gasteiger partial charge < -0.3 is 9.47 Å². The second-order valence-electron chi connectivity index (χ2n) is 4.83. The molecular formula is C17H14O4. The van der Waals surface area contributed by atoms with Crippen LogP contribution in [0, 0.1) is 0 Å². The van der Waals surface area contributed by atoms with Crippen LogP contribution in [0.2, 0.25) is 0 Å². The molecule has 0 aromatic heterocycles. The van der Waals surface area contributed by atoms with E-state index >= 15 is 0 Å². The largest absolute Gasteiger partial charge is 0.465 e. The molecule has 3 rings (SSSR count). The van der Waals surface area contributed by atoms with Gasteiger partial charge in [0.15, 0.2) is 0 Å². The first-order valence-electron chi connectivity index (χ1n) is 6.67. The van der Waals surface area contributed by atoms with E-state index in [1.165, 1.54) is 7.11 Å². The van der Waals surface area contributed by atoms with Crippen molar-refractivity contribution in [2.75, 3.05) is 7.11 Å². The van der Waals surface area contributed by atoms with Crippen LogP contribution in [-0.2, 0) is 15.9 Å². The van der Waals surface area contributed by atoms with E-state index in [4.69, 9.17) is 9.47 Å². The summed E-state index contributed by atoms with van der Waals surface area (Å²) in [6.45, 7) is 0. The Balaban J connectivity index is 1.93. The van der Waals surface area contributed by atoms with Crippen LogP contribution in [0.1, 0.15) is 37.9 Å². The molecule has 0 bridgehead atoms. The van der Waals surface area contributed by atoms with Crippen LogP contribution in [0.4, 0.5) is 0 Å². The molecule has 1 aliphatic rings. The summed E-state index contributed by atoms with van der Waals surface area (Å²) in [5, 5.41) is 0. The number of ether oxygens (including phenoxy) is 2. The molecule has 1 atom stereocenters. The van der Waals surface area contributed by atoms with Gasteiger partial charge in [0.05, 0.1) is 18.2 Å². The Morgan fingerprint density at radius 1 is 1.14 bits per heavy atom. The normalized spacial score (nSPS) is 16.2. The fourth-order valence-electron chi connectivity index (χ4n) is 2.58. The van der Waals surface area contributed by atoms with E-state index in [0.29, 0.717) is 17.5 Å². The molecule has 0 amide bonds. The molecule has 0 aliphatic carbocycles. The van der Waals surface area contributed by atoms with Crippen molar-refractivity contribution in [1.82, 2.24) is 0 Å². The molecular weight excluding hydrogens is 268 g/mol. The van der Waals surface area contributed by atoms with E-state index in [-0.39, 0.29) is 18.0 Å². The van der Waals surface area contributed by atoms with Crippen molar-refractivity contribution in [3.63, 3.8) is 0 Å². The smallest absolute Gasteiger partial charge is 0.339 e. The highest BCUT2D eigenvalue weighted by molar-refractivity contribution is 5.94. The maximum absolute atomic E-state index is 11.8. The fraction of sp³-hybridized carbons (Fsp3) is 0.176. The zero-order chi connectivity index (χ0) is 14.8. The molecule has 106 valence electrons. The van der Waals surface area contributed by atoms with Gasteiger partial charge in [0.25, 0.3) is 0 Å². The molecule has 0 saturated heterocycles. The summed E-state index contributed by atoms with van der Waals surface area (Å²) in [6.07, 6.45) is 0.0908. The number of fused-ring (bicyclic) bond motifs is 1. The number of benzene rings is 2. The first-order chi connectivity index (χ1) is 10.2. The molecule has 0 spiro atoms. The van der Waals surface area contributed by atoms with E-state index in [1.54, 1.807) is 18.2 Å². The summed E-state index contributed by atoms with van der Waals surface area (Å²) in [6, 6.07) is 14.5. The van der Waals surface area contributed by atoms with Crippen molar-refractivity contribution in [1.29, 1.82) is 0 Å². The minimum absolute atomic E-state index is 0.314. The molecule has 1 heterocycles. The Kier molecular flexibility index (Phi) is 3.44. The second-order valence-corrected chi connectivity index (χ2v) is 4.83. The van der Waals surface area contributed by atoms with Crippen molar-refractivity contribution >= 4 is 11.9 Å². The van der Waals surface area contributed by atoms with Crippen LogP contribution < -0.4 is 0 Å². The zero-order valence-corrected chi connectivity index (χ0v) is 11.5. The van der Waals surface area contributed by atoms with Gasteiger partial charge in [0.1, 0.15) is 6.10 Å². The Morgan fingerprint density at radius 2 is 1.86 bits per heavy atom. The summed E-state index contributed by atoms with van der Waals surface area (Å²) in [5.74, 6) is -0.700. The first-order valence-corrected chi connectivity index (χ1v) is 6.67. The summed E-state index contributed by atoms with van der Waals surface area (Å²) >= 11 is 0. The Labute approximate surface area is 122 Å². The van der Waals surface area contributed by atoms with Gasteiger partial charge in [-0.25, -0.2) is 9.59 Å². The highest BCUT2D eigenvalue weighted by Crippen LogP contribution is 2.33.